The van der Waals surface area contributed by atoms with Gasteiger partial charge in [-0.3, -0.25) is 9.59 Å². The van der Waals surface area contributed by atoms with Crippen LogP contribution in [-0.2, 0) is 6.54 Å². The van der Waals surface area contributed by atoms with Crippen molar-refractivity contribution in [1.29, 1.82) is 0 Å². The standard InChI is InChI=1S/C32H58N2O2/c1-5-7-9-11-13-15-17-19-21-23-25-33-32(36)31-28(3)27-30(35)34(29(31)4)26-24-22-20-18-16-14-12-10-8-6-2/h27H,5-26H2,1-4H3,(H,33,36). The van der Waals surface area contributed by atoms with Gasteiger partial charge in [0.25, 0.3) is 11.5 Å². The average molecular weight is 503 g/mol. The lowest BCUT2D eigenvalue weighted by Gasteiger charge is -2.16. The van der Waals surface area contributed by atoms with Gasteiger partial charge in [-0.2, -0.15) is 0 Å². The fourth-order valence-electron chi connectivity index (χ4n) is 5.20. The molecule has 208 valence electrons. The lowest BCUT2D eigenvalue weighted by atomic mass is 10.0. The molecule has 0 spiro atoms. The summed E-state index contributed by atoms with van der Waals surface area (Å²) >= 11 is 0. The van der Waals surface area contributed by atoms with Gasteiger partial charge in [-0.25, -0.2) is 0 Å². The third kappa shape index (κ3) is 14.2. The van der Waals surface area contributed by atoms with E-state index >= 15 is 0 Å². The van der Waals surface area contributed by atoms with Crippen molar-refractivity contribution in [3.05, 3.63) is 33.2 Å². The van der Waals surface area contributed by atoms with Crippen LogP contribution in [0.15, 0.2) is 10.9 Å². The summed E-state index contributed by atoms with van der Waals surface area (Å²) in [6.45, 7) is 9.76. The Morgan fingerprint density at radius 1 is 0.667 bits per heavy atom. The Balaban J connectivity index is 2.31. The van der Waals surface area contributed by atoms with E-state index in [9.17, 15) is 9.59 Å². The Kier molecular flexibility index (Phi) is 19.4. The molecule has 0 bridgehead atoms. The first-order chi connectivity index (χ1) is 17.5. The second-order valence-electron chi connectivity index (χ2n) is 10.9. The number of aromatic nitrogens is 1. The van der Waals surface area contributed by atoms with Crippen LogP contribution in [-0.4, -0.2) is 17.0 Å². The lowest BCUT2D eigenvalue weighted by molar-refractivity contribution is 0.0950. The summed E-state index contributed by atoms with van der Waals surface area (Å²) in [7, 11) is 0. The predicted octanol–water partition coefficient (Wildman–Crippen LogP) is 9.04. The minimum absolute atomic E-state index is 0.0205. The molecule has 36 heavy (non-hydrogen) atoms. The van der Waals surface area contributed by atoms with Crippen LogP contribution in [0.3, 0.4) is 0 Å². The van der Waals surface area contributed by atoms with Gasteiger partial charge in [-0.15, -0.1) is 0 Å². The first kappa shape index (κ1) is 32.4. The van der Waals surface area contributed by atoms with E-state index in [-0.39, 0.29) is 11.5 Å². The zero-order valence-electron chi connectivity index (χ0n) is 24.4. The number of unbranched alkanes of at least 4 members (excludes halogenated alkanes) is 18. The Morgan fingerprint density at radius 3 is 1.56 bits per heavy atom. The van der Waals surface area contributed by atoms with Gasteiger partial charge in [0.05, 0.1) is 5.56 Å². The highest BCUT2D eigenvalue weighted by Crippen LogP contribution is 2.15. The molecular weight excluding hydrogens is 444 g/mol. The van der Waals surface area contributed by atoms with Crippen molar-refractivity contribution in [3.63, 3.8) is 0 Å². The minimum atomic E-state index is -0.0299. The van der Waals surface area contributed by atoms with Gasteiger partial charge in [0.15, 0.2) is 0 Å². The fraction of sp³-hybridized carbons (Fsp3) is 0.812. The maximum absolute atomic E-state index is 12.9. The lowest BCUT2D eigenvalue weighted by Crippen LogP contribution is -2.31. The smallest absolute Gasteiger partial charge is 0.253 e. The van der Waals surface area contributed by atoms with E-state index in [2.05, 4.69) is 19.2 Å². The third-order valence-corrected chi connectivity index (χ3v) is 7.55. The normalized spacial score (nSPS) is 11.2. The Bertz CT molecular complexity index is 753. The molecule has 1 heterocycles. The third-order valence-electron chi connectivity index (χ3n) is 7.55. The van der Waals surface area contributed by atoms with Crippen molar-refractivity contribution >= 4 is 5.91 Å². The number of nitrogens with one attached hydrogen (secondary N) is 1. The Hall–Kier alpha value is -1.58. The molecule has 1 N–H and O–H groups in total. The van der Waals surface area contributed by atoms with Gasteiger partial charge in [0.1, 0.15) is 0 Å². The summed E-state index contributed by atoms with van der Waals surface area (Å²) in [5.41, 5.74) is 2.31. The molecule has 1 amide bonds. The number of nitrogens with zero attached hydrogens (tertiary/aromatic N) is 1. The molecule has 1 aromatic rings. The average Bonchev–Trinajstić information content (AvgIpc) is 2.85. The summed E-state index contributed by atoms with van der Waals surface area (Å²) in [6.07, 6.45) is 25.7. The fourth-order valence-corrected chi connectivity index (χ4v) is 5.20. The first-order valence-corrected chi connectivity index (χ1v) is 15.5. The van der Waals surface area contributed by atoms with Gasteiger partial charge in [0.2, 0.25) is 0 Å². The van der Waals surface area contributed by atoms with E-state index in [4.69, 9.17) is 0 Å². The summed E-state index contributed by atoms with van der Waals surface area (Å²) < 4.78 is 1.81. The van der Waals surface area contributed by atoms with Gasteiger partial charge in [-0.1, -0.05) is 129 Å². The van der Waals surface area contributed by atoms with Crippen molar-refractivity contribution < 1.29 is 4.79 Å². The molecule has 0 saturated heterocycles. The molecule has 0 aliphatic rings. The van der Waals surface area contributed by atoms with Gasteiger partial charge in [0, 0.05) is 24.8 Å². The maximum atomic E-state index is 12.9. The Morgan fingerprint density at radius 2 is 1.08 bits per heavy atom. The van der Waals surface area contributed by atoms with Crippen molar-refractivity contribution in [2.24, 2.45) is 0 Å². The Labute approximate surface area is 223 Å². The van der Waals surface area contributed by atoms with E-state index in [0.717, 1.165) is 30.5 Å². The summed E-state index contributed by atoms with van der Waals surface area (Å²) in [5, 5.41) is 3.11. The van der Waals surface area contributed by atoms with E-state index in [0.29, 0.717) is 18.7 Å². The monoisotopic (exact) mass is 502 g/mol. The number of aryl methyl sites for hydroxylation is 1. The van der Waals surface area contributed by atoms with Gasteiger partial charge in [-0.05, 0) is 32.3 Å². The van der Waals surface area contributed by atoms with Crippen molar-refractivity contribution in [1.82, 2.24) is 9.88 Å². The largest absolute Gasteiger partial charge is 0.352 e. The van der Waals surface area contributed by atoms with Crippen LogP contribution in [0.25, 0.3) is 0 Å². The molecular formula is C32H58N2O2. The number of pyridine rings is 1. The zero-order valence-corrected chi connectivity index (χ0v) is 24.4. The van der Waals surface area contributed by atoms with Crippen LogP contribution in [0.4, 0.5) is 0 Å². The highest BCUT2D eigenvalue weighted by Gasteiger charge is 2.16. The van der Waals surface area contributed by atoms with Crippen LogP contribution in [0.2, 0.25) is 0 Å². The number of rotatable bonds is 23. The summed E-state index contributed by atoms with van der Waals surface area (Å²) in [5.74, 6) is -0.0299. The minimum Gasteiger partial charge on any atom is -0.352 e. The molecule has 0 saturated carbocycles. The van der Waals surface area contributed by atoms with E-state index in [1.807, 2.05) is 18.4 Å². The number of hydrogen-bond acceptors (Lipinski definition) is 2. The molecule has 0 aliphatic heterocycles. The van der Waals surface area contributed by atoms with E-state index in [1.54, 1.807) is 6.07 Å². The SMILES string of the molecule is CCCCCCCCCCCCNC(=O)c1c(C)cc(=O)n(CCCCCCCCCCCC)c1C. The molecule has 0 aromatic carbocycles. The molecule has 4 heteroatoms. The highest BCUT2D eigenvalue weighted by molar-refractivity contribution is 5.96. The second kappa shape index (κ2) is 21.5. The number of carbonyl (C=O) groups is 1. The number of carbonyl (C=O) groups excluding carboxylic acids is 1. The molecule has 0 atom stereocenters. The van der Waals surface area contributed by atoms with E-state index in [1.165, 1.54) is 109 Å². The maximum Gasteiger partial charge on any atom is 0.253 e. The number of amides is 1. The van der Waals surface area contributed by atoms with Crippen molar-refractivity contribution in [2.45, 2.75) is 163 Å². The number of hydrogen-bond donors (Lipinski definition) is 1. The van der Waals surface area contributed by atoms with Crippen LogP contribution in [0.1, 0.15) is 164 Å². The van der Waals surface area contributed by atoms with Crippen molar-refractivity contribution in [2.75, 3.05) is 6.54 Å². The quantitative estimate of drug-likeness (QED) is 0.152. The molecule has 0 radical (unpaired) electrons. The van der Waals surface area contributed by atoms with Crippen LogP contribution in [0, 0.1) is 13.8 Å². The molecule has 1 rings (SSSR count). The van der Waals surface area contributed by atoms with Crippen LogP contribution < -0.4 is 10.9 Å². The van der Waals surface area contributed by atoms with E-state index < -0.39 is 0 Å². The summed E-state index contributed by atoms with van der Waals surface area (Å²) in [4.78, 5) is 25.5. The van der Waals surface area contributed by atoms with Crippen LogP contribution in [0.5, 0.6) is 0 Å². The first-order valence-electron chi connectivity index (χ1n) is 15.5. The van der Waals surface area contributed by atoms with Crippen LogP contribution >= 0.6 is 0 Å². The molecule has 1 aromatic heterocycles. The zero-order chi connectivity index (χ0) is 26.4. The molecule has 0 unspecified atom stereocenters. The second-order valence-corrected chi connectivity index (χ2v) is 10.9. The van der Waals surface area contributed by atoms with Gasteiger partial charge >= 0.3 is 0 Å². The highest BCUT2D eigenvalue weighted by atomic mass is 16.2. The van der Waals surface area contributed by atoms with Crippen molar-refractivity contribution in [3.8, 4) is 0 Å². The van der Waals surface area contributed by atoms with Gasteiger partial charge < -0.3 is 9.88 Å². The topological polar surface area (TPSA) is 51.1 Å². The summed E-state index contributed by atoms with van der Waals surface area (Å²) in [6, 6.07) is 1.64. The molecule has 0 aliphatic carbocycles. The molecule has 4 nitrogen and oxygen atoms in total. The molecule has 0 fully saturated rings. The predicted molar refractivity (Wildman–Crippen MR) is 156 cm³/mol.